The van der Waals surface area contributed by atoms with E-state index in [2.05, 4.69) is 0 Å². The Morgan fingerprint density at radius 1 is 1.42 bits per heavy atom. The maximum atomic E-state index is 12.4. The van der Waals surface area contributed by atoms with Gasteiger partial charge in [-0.1, -0.05) is 0 Å². The van der Waals surface area contributed by atoms with E-state index in [-0.39, 0.29) is 31.7 Å². The van der Waals surface area contributed by atoms with E-state index < -0.39 is 16.4 Å². The van der Waals surface area contributed by atoms with Crippen LogP contribution in [-0.2, 0) is 17.9 Å². The number of hydrogen-bond donors (Lipinski definition) is 0. The second-order valence-electron chi connectivity index (χ2n) is 4.91. The van der Waals surface area contributed by atoms with Crippen LogP contribution in [0, 0.1) is 21.4 Å². The lowest BCUT2D eigenvalue weighted by Gasteiger charge is -2.20. The van der Waals surface area contributed by atoms with Crippen LogP contribution in [-0.4, -0.2) is 26.8 Å². The van der Waals surface area contributed by atoms with E-state index in [1.54, 1.807) is 12.1 Å². The Bertz CT molecular complexity index is 819. The third kappa shape index (κ3) is 4.30. The molecular formula is C15H14N4O5. The maximum Gasteiger partial charge on any atom is 0.285 e. The largest absolute Gasteiger partial charge is 0.467 e. The molecule has 0 atom stereocenters. The third-order valence-electron chi connectivity index (χ3n) is 3.26. The fourth-order valence-corrected chi connectivity index (χ4v) is 2.06. The highest BCUT2D eigenvalue weighted by molar-refractivity contribution is 5.76. The molecule has 0 unspecified atom stereocenters. The van der Waals surface area contributed by atoms with Crippen LogP contribution in [0.25, 0.3) is 0 Å². The Balaban J connectivity index is 2.17. The minimum atomic E-state index is -0.642. The monoisotopic (exact) mass is 330 g/mol. The van der Waals surface area contributed by atoms with Crippen molar-refractivity contribution in [3.05, 3.63) is 63.0 Å². The van der Waals surface area contributed by atoms with Gasteiger partial charge in [-0.25, -0.2) is 0 Å². The lowest BCUT2D eigenvalue weighted by atomic mass is 10.3. The molecule has 1 amide bonds. The Hall–Kier alpha value is -3.41. The van der Waals surface area contributed by atoms with Crippen molar-refractivity contribution in [1.29, 1.82) is 5.26 Å². The Morgan fingerprint density at radius 3 is 2.83 bits per heavy atom. The first-order valence-electron chi connectivity index (χ1n) is 7.03. The predicted octanol–water partition coefficient (Wildman–Crippen LogP) is 1.29. The zero-order chi connectivity index (χ0) is 17.5. The third-order valence-corrected chi connectivity index (χ3v) is 3.26. The molecule has 0 bridgehead atoms. The molecule has 9 heteroatoms. The summed E-state index contributed by atoms with van der Waals surface area (Å²) in [5, 5.41) is 19.5. The maximum absolute atomic E-state index is 12.4. The summed E-state index contributed by atoms with van der Waals surface area (Å²) in [6, 6.07) is 7.43. The van der Waals surface area contributed by atoms with Gasteiger partial charge in [-0.2, -0.15) is 5.26 Å². The van der Waals surface area contributed by atoms with Crippen molar-refractivity contribution in [3.8, 4) is 6.07 Å². The highest BCUT2D eigenvalue weighted by atomic mass is 16.6. The van der Waals surface area contributed by atoms with Crippen molar-refractivity contribution in [2.45, 2.75) is 19.5 Å². The number of carbonyl (C=O) groups is 1. The van der Waals surface area contributed by atoms with E-state index in [4.69, 9.17) is 9.68 Å². The van der Waals surface area contributed by atoms with Crippen molar-refractivity contribution in [1.82, 2.24) is 9.47 Å². The first kappa shape index (κ1) is 17.0. The van der Waals surface area contributed by atoms with Gasteiger partial charge in [0, 0.05) is 18.7 Å². The number of nitrogens with zero attached hydrogens (tertiary/aromatic N) is 4. The molecule has 124 valence electrons. The standard InChI is InChI=1S/C15H14N4O5/c16-6-2-7-17(10-13-3-1-8-24-13)15(21)11-18-9-12(19(22)23)4-5-14(18)20/h1,3-5,8-9H,2,7,10-11H2. The number of nitro groups is 1. The quantitative estimate of drug-likeness (QED) is 0.557. The molecule has 2 aromatic rings. The molecule has 0 aromatic carbocycles. The lowest BCUT2D eigenvalue weighted by Crippen LogP contribution is -2.36. The fourth-order valence-electron chi connectivity index (χ4n) is 2.06. The Kier molecular flexibility index (Phi) is 5.46. The average molecular weight is 330 g/mol. The topological polar surface area (TPSA) is 122 Å². The van der Waals surface area contributed by atoms with Gasteiger partial charge in [-0.15, -0.1) is 0 Å². The molecule has 0 N–H and O–H groups in total. The van der Waals surface area contributed by atoms with Gasteiger partial charge in [0.15, 0.2) is 0 Å². The van der Waals surface area contributed by atoms with E-state index in [0.29, 0.717) is 5.76 Å². The van der Waals surface area contributed by atoms with Crippen LogP contribution in [0.3, 0.4) is 0 Å². The van der Waals surface area contributed by atoms with Gasteiger partial charge in [0.1, 0.15) is 12.3 Å². The van der Waals surface area contributed by atoms with Gasteiger partial charge in [0.2, 0.25) is 5.91 Å². The Labute approximate surface area is 136 Å². The minimum absolute atomic E-state index is 0.121. The molecule has 0 aliphatic rings. The van der Waals surface area contributed by atoms with E-state index in [1.165, 1.54) is 11.2 Å². The normalized spacial score (nSPS) is 10.1. The SMILES string of the molecule is N#CCCN(Cc1ccco1)C(=O)Cn1cc([N+](=O)[O-])ccc1=O. The molecule has 2 rings (SSSR count). The number of amides is 1. The first-order valence-corrected chi connectivity index (χ1v) is 7.03. The zero-order valence-corrected chi connectivity index (χ0v) is 12.6. The van der Waals surface area contributed by atoms with Crippen molar-refractivity contribution in [3.63, 3.8) is 0 Å². The second-order valence-corrected chi connectivity index (χ2v) is 4.91. The smallest absolute Gasteiger partial charge is 0.285 e. The summed E-state index contributed by atoms with van der Waals surface area (Å²) in [6.07, 6.45) is 2.61. The molecule has 2 heterocycles. The highest BCUT2D eigenvalue weighted by Gasteiger charge is 2.17. The van der Waals surface area contributed by atoms with Crippen LogP contribution in [0.15, 0.2) is 45.9 Å². The van der Waals surface area contributed by atoms with E-state index in [9.17, 15) is 19.7 Å². The highest BCUT2D eigenvalue weighted by Crippen LogP contribution is 2.09. The number of carbonyl (C=O) groups excluding carboxylic acids is 1. The first-order chi connectivity index (χ1) is 11.5. The second kappa shape index (κ2) is 7.73. The van der Waals surface area contributed by atoms with Gasteiger partial charge < -0.3 is 9.32 Å². The molecule has 2 aromatic heterocycles. The minimum Gasteiger partial charge on any atom is -0.467 e. The lowest BCUT2D eigenvalue weighted by molar-refractivity contribution is -0.385. The molecule has 0 saturated heterocycles. The van der Waals surface area contributed by atoms with Crippen LogP contribution in [0.1, 0.15) is 12.2 Å². The summed E-state index contributed by atoms with van der Waals surface area (Å²) in [5.41, 5.74) is -0.802. The summed E-state index contributed by atoms with van der Waals surface area (Å²) < 4.78 is 6.16. The number of nitriles is 1. The average Bonchev–Trinajstić information content (AvgIpc) is 3.06. The Morgan fingerprint density at radius 2 is 2.21 bits per heavy atom. The summed E-state index contributed by atoms with van der Waals surface area (Å²) >= 11 is 0. The van der Waals surface area contributed by atoms with Crippen LogP contribution < -0.4 is 5.56 Å². The van der Waals surface area contributed by atoms with E-state index in [0.717, 1.165) is 22.9 Å². The van der Waals surface area contributed by atoms with Crippen LogP contribution in [0.2, 0.25) is 0 Å². The van der Waals surface area contributed by atoms with Crippen molar-refractivity contribution >= 4 is 11.6 Å². The van der Waals surface area contributed by atoms with Gasteiger partial charge in [-0.05, 0) is 12.1 Å². The van der Waals surface area contributed by atoms with E-state index in [1.807, 2.05) is 6.07 Å². The molecule has 0 radical (unpaired) electrons. The summed E-state index contributed by atoms with van der Waals surface area (Å²) in [4.78, 5) is 35.7. The number of pyridine rings is 1. The van der Waals surface area contributed by atoms with Crippen LogP contribution >= 0.6 is 0 Å². The van der Waals surface area contributed by atoms with Crippen LogP contribution in [0.4, 0.5) is 5.69 Å². The molecular weight excluding hydrogens is 316 g/mol. The number of furan rings is 1. The molecule has 24 heavy (non-hydrogen) atoms. The number of rotatable bonds is 7. The molecule has 0 aliphatic carbocycles. The van der Waals surface area contributed by atoms with Crippen LogP contribution in [0.5, 0.6) is 0 Å². The molecule has 9 nitrogen and oxygen atoms in total. The summed E-state index contributed by atoms with van der Waals surface area (Å²) in [7, 11) is 0. The van der Waals surface area contributed by atoms with Gasteiger partial charge in [0.25, 0.3) is 11.2 Å². The van der Waals surface area contributed by atoms with Gasteiger partial charge >= 0.3 is 0 Å². The van der Waals surface area contributed by atoms with Gasteiger partial charge in [-0.3, -0.25) is 24.3 Å². The number of aromatic nitrogens is 1. The van der Waals surface area contributed by atoms with E-state index >= 15 is 0 Å². The van der Waals surface area contributed by atoms with Gasteiger partial charge in [0.05, 0.1) is 36.4 Å². The fraction of sp³-hybridized carbons (Fsp3) is 0.267. The number of hydrogen-bond acceptors (Lipinski definition) is 6. The van der Waals surface area contributed by atoms with Crippen molar-refractivity contribution in [2.24, 2.45) is 0 Å². The van der Waals surface area contributed by atoms with Crippen molar-refractivity contribution < 1.29 is 14.1 Å². The molecule has 0 fully saturated rings. The van der Waals surface area contributed by atoms with Crippen molar-refractivity contribution in [2.75, 3.05) is 6.54 Å². The molecule has 0 spiro atoms. The summed E-state index contributed by atoms with van der Waals surface area (Å²) in [5.74, 6) is 0.0944. The molecule has 0 aliphatic heterocycles. The zero-order valence-electron chi connectivity index (χ0n) is 12.6. The molecule has 0 saturated carbocycles. The summed E-state index contributed by atoms with van der Waals surface area (Å²) in [6.45, 7) is -0.0381. The predicted molar refractivity (Wildman–Crippen MR) is 81.7 cm³/mol.